The molecular weight excluding hydrogens is 290 g/mol. The van der Waals surface area contributed by atoms with E-state index in [-0.39, 0.29) is 12.0 Å². The Labute approximate surface area is 126 Å². The molecule has 0 radical (unpaired) electrons. The molecule has 0 spiro atoms. The van der Waals surface area contributed by atoms with Crippen LogP contribution in [0, 0.1) is 0 Å². The van der Waals surface area contributed by atoms with Gasteiger partial charge in [-0.15, -0.1) is 0 Å². The maximum atomic E-state index is 11.9. The van der Waals surface area contributed by atoms with Crippen molar-refractivity contribution in [1.82, 2.24) is 4.72 Å². The fourth-order valence-electron chi connectivity index (χ4n) is 2.22. The topological polar surface area (TPSA) is 64.6 Å². The molecule has 5 nitrogen and oxygen atoms in total. The summed E-state index contributed by atoms with van der Waals surface area (Å²) in [5, 5.41) is 0. The van der Waals surface area contributed by atoms with Gasteiger partial charge in [0.05, 0.1) is 19.0 Å². The quantitative estimate of drug-likeness (QED) is 0.793. The number of hydrogen-bond acceptors (Lipinski definition) is 4. The van der Waals surface area contributed by atoms with Gasteiger partial charge in [-0.25, -0.2) is 13.1 Å². The van der Waals surface area contributed by atoms with Crippen molar-refractivity contribution in [2.45, 2.75) is 32.0 Å². The fraction of sp³-hybridized carbons (Fsp3) is 0.600. The van der Waals surface area contributed by atoms with Crippen LogP contribution in [-0.2, 0) is 25.9 Å². The van der Waals surface area contributed by atoms with E-state index >= 15 is 0 Å². The third-order valence-electron chi connectivity index (χ3n) is 3.32. The van der Waals surface area contributed by atoms with Crippen LogP contribution in [0.1, 0.15) is 24.8 Å². The summed E-state index contributed by atoms with van der Waals surface area (Å²) in [7, 11) is -3.21. The second kappa shape index (κ2) is 8.48. The van der Waals surface area contributed by atoms with E-state index in [1.165, 1.54) is 0 Å². The number of sulfonamides is 1. The minimum Gasteiger partial charge on any atom is -0.353 e. The van der Waals surface area contributed by atoms with Crippen molar-refractivity contribution in [3.05, 3.63) is 35.9 Å². The van der Waals surface area contributed by atoms with Gasteiger partial charge in [-0.3, -0.25) is 0 Å². The molecule has 0 unspecified atom stereocenters. The van der Waals surface area contributed by atoms with Crippen LogP contribution in [-0.4, -0.2) is 40.2 Å². The highest BCUT2D eigenvalue weighted by Gasteiger charge is 2.15. The molecule has 1 fully saturated rings. The molecule has 1 aliphatic heterocycles. The van der Waals surface area contributed by atoms with Crippen LogP contribution < -0.4 is 4.72 Å². The van der Waals surface area contributed by atoms with E-state index in [4.69, 9.17) is 9.47 Å². The summed E-state index contributed by atoms with van der Waals surface area (Å²) in [4.78, 5) is 0. The molecule has 1 aromatic carbocycles. The Morgan fingerprint density at radius 1 is 1.14 bits per heavy atom. The first-order valence-corrected chi connectivity index (χ1v) is 9.05. The molecular formula is C15H23NO4S. The van der Waals surface area contributed by atoms with E-state index in [2.05, 4.69) is 4.72 Å². The average Bonchev–Trinajstić information content (AvgIpc) is 2.49. The summed E-state index contributed by atoms with van der Waals surface area (Å²) in [5.74, 6) is 0.147. The molecule has 0 saturated carbocycles. The van der Waals surface area contributed by atoms with Crippen LogP contribution in [0.4, 0.5) is 0 Å². The highest BCUT2D eigenvalue weighted by Crippen LogP contribution is 2.08. The lowest BCUT2D eigenvalue weighted by Crippen LogP contribution is -2.32. The average molecular weight is 313 g/mol. The monoisotopic (exact) mass is 313 g/mol. The Balaban J connectivity index is 1.62. The molecule has 1 N–H and O–H groups in total. The van der Waals surface area contributed by atoms with Crippen LogP contribution in [0.5, 0.6) is 0 Å². The molecule has 21 heavy (non-hydrogen) atoms. The standard InChI is InChI=1S/C15H23NO4S/c17-21(18,13-4-8-14-6-2-1-3-7-14)16-10-9-15-19-11-5-12-20-15/h1-3,6-7,15-16H,4-5,8-13H2. The number of ether oxygens (including phenoxy) is 2. The Hall–Kier alpha value is -0.950. The van der Waals surface area contributed by atoms with Crippen LogP contribution >= 0.6 is 0 Å². The highest BCUT2D eigenvalue weighted by atomic mass is 32.2. The number of hydrogen-bond donors (Lipinski definition) is 1. The molecule has 1 saturated heterocycles. The minimum atomic E-state index is -3.21. The van der Waals surface area contributed by atoms with E-state index in [0.29, 0.717) is 32.6 Å². The van der Waals surface area contributed by atoms with E-state index in [9.17, 15) is 8.42 Å². The lowest BCUT2D eigenvalue weighted by Gasteiger charge is -2.23. The Bertz CT molecular complexity index is 498. The molecule has 0 amide bonds. The Morgan fingerprint density at radius 3 is 2.57 bits per heavy atom. The van der Waals surface area contributed by atoms with E-state index in [1.807, 2.05) is 30.3 Å². The zero-order valence-electron chi connectivity index (χ0n) is 12.2. The zero-order chi connectivity index (χ0) is 15.0. The molecule has 2 rings (SSSR count). The SMILES string of the molecule is O=S(=O)(CCCc1ccccc1)NCCC1OCCCO1. The molecule has 6 heteroatoms. The highest BCUT2D eigenvalue weighted by molar-refractivity contribution is 7.89. The van der Waals surface area contributed by atoms with E-state index in [1.54, 1.807) is 0 Å². The largest absolute Gasteiger partial charge is 0.353 e. The maximum Gasteiger partial charge on any atom is 0.211 e. The van der Waals surface area contributed by atoms with Gasteiger partial charge < -0.3 is 9.47 Å². The molecule has 118 valence electrons. The van der Waals surface area contributed by atoms with Gasteiger partial charge in [0.25, 0.3) is 0 Å². The van der Waals surface area contributed by atoms with Crippen molar-refractivity contribution in [2.75, 3.05) is 25.5 Å². The summed E-state index contributed by atoms with van der Waals surface area (Å²) in [5.41, 5.74) is 1.16. The Kier molecular flexibility index (Phi) is 6.63. The van der Waals surface area contributed by atoms with Crippen LogP contribution in [0.15, 0.2) is 30.3 Å². The van der Waals surface area contributed by atoms with Crippen LogP contribution in [0.2, 0.25) is 0 Å². The molecule has 0 atom stereocenters. The number of benzene rings is 1. The first kappa shape index (κ1) is 16.4. The third kappa shape index (κ3) is 6.56. The number of nitrogens with one attached hydrogen (secondary N) is 1. The van der Waals surface area contributed by atoms with Gasteiger partial charge in [0, 0.05) is 13.0 Å². The Morgan fingerprint density at radius 2 is 1.86 bits per heavy atom. The summed E-state index contributed by atoms with van der Waals surface area (Å²) < 4.78 is 37.1. The van der Waals surface area contributed by atoms with E-state index < -0.39 is 10.0 Å². The number of rotatable bonds is 8. The van der Waals surface area contributed by atoms with Gasteiger partial charge in [0.2, 0.25) is 10.0 Å². The second-order valence-corrected chi connectivity index (χ2v) is 7.04. The van der Waals surface area contributed by atoms with Crippen LogP contribution in [0.25, 0.3) is 0 Å². The van der Waals surface area contributed by atoms with Gasteiger partial charge in [0.15, 0.2) is 6.29 Å². The van der Waals surface area contributed by atoms with Crippen molar-refractivity contribution in [3.8, 4) is 0 Å². The third-order valence-corrected chi connectivity index (χ3v) is 4.79. The molecule has 0 aromatic heterocycles. The number of aryl methyl sites for hydroxylation is 1. The predicted molar refractivity (Wildman–Crippen MR) is 81.5 cm³/mol. The molecule has 0 bridgehead atoms. The van der Waals surface area contributed by atoms with Crippen LogP contribution in [0.3, 0.4) is 0 Å². The summed E-state index contributed by atoms with van der Waals surface area (Å²) in [6.45, 7) is 1.74. The molecule has 1 aliphatic rings. The minimum absolute atomic E-state index is 0.147. The smallest absolute Gasteiger partial charge is 0.211 e. The summed E-state index contributed by atoms with van der Waals surface area (Å²) in [6, 6.07) is 9.91. The lowest BCUT2D eigenvalue weighted by molar-refractivity contribution is -0.180. The van der Waals surface area contributed by atoms with Gasteiger partial charge in [0.1, 0.15) is 0 Å². The molecule has 1 heterocycles. The van der Waals surface area contributed by atoms with Crippen molar-refractivity contribution >= 4 is 10.0 Å². The summed E-state index contributed by atoms with van der Waals surface area (Å²) in [6.07, 6.45) is 2.58. The maximum absolute atomic E-state index is 11.9. The van der Waals surface area contributed by atoms with E-state index in [0.717, 1.165) is 18.4 Å². The van der Waals surface area contributed by atoms with Gasteiger partial charge in [-0.1, -0.05) is 30.3 Å². The molecule has 0 aliphatic carbocycles. The first-order chi connectivity index (χ1) is 10.2. The van der Waals surface area contributed by atoms with Crippen molar-refractivity contribution < 1.29 is 17.9 Å². The van der Waals surface area contributed by atoms with Crippen molar-refractivity contribution in [3.63, 3.8) is 0 Å². The lowest BCUT2D eigenvalue weighted by atomic mass is 10.1. The van der Waals surface area contributed by atoms with Gasteiger partial charge >= 0.3 is 0 Å². The van der Waals surface area contributed by atoms with Gasteiger partial charge in [-0.05, 0) is 24.8 Å². The summed E-state index contributed by atoms with van der Waals surface area (Å²) >= 11 is 0. The normalized spacial score (nSPS) is 17.0. The van der Waals surface area contributed by atoms with Crippen molar-refractivity contribution in [1.29, 1.82) is 0 Å². The second-order valence-electron chi connectivity index (χ2n) is 5.12. The first-order valence-electron chi connectivity index (χ1n) is 7.40. The molecule has 1 aromatic rings. The zero-order valence-corrected chi connectivity index (χ0v) is 13.0. The van der Waals surface area contributed by atoms with Crippen molar-refractivity contribution in [2.24, 2.45) is 0 Å². The predicted octanol–water partition coefficient (Wildman–Crippen LogP) is 1.69. The van der Waals surface area contributed by atoms with Gasteiger partial charge in [-0.2, -0.15) is 0 Å². The fourth-order valence-corrected chi connectivity index (χ4v) is 3.32.